The highest BCUT2D eigenvalue weighted by molar-refractivity contribution is 5.80. The first kappa shape index (κ1) is 19.3. The molecule has 146 valence electrons. The minimum absolute atomic E-state index is 0.0524. The molecule has 0 saturated carbocycles. The number of tetrazole rings is 1. The van der Waals surface area contributed by atoms with Gasteiger partial charge in [-0.1, -0.05) is 19.1 Å². The van der Waals surface area contributed by atoms with Gasteiger partial charge in [-0.15, -0.1) is 10.2 Å². The SMILES string of the molecule is CCN1CCN(C(=O)C(C)n2nnc(-c3cccc(C(F)(F)F)c3)n2)CC1. The molecule has 10 heteroatoms. The van der Waals surface area contributed by atoms with E-state index in [0.29, 0.717) is 13.1 Å². The quantitative estimate of drug-likeness (QED) is 0.810. The van der Waals surface area contributed by atoms with E-state index < -0.39 is 17.8 Å². The third-order valence-electron chi connectivity index (χ3n) is 4.71. The van der Waals surface area contributed by atoms with E-state index >= 15 is 0 Å². The molecule has 0 N–H and O–H groups in total. The molecule has 1 atom stereocenters. The second-order valence-corrected chi connectivity index (χ2v) is 6.45. The number of hydrogen-bond acceptors (Lipinski definition) is 5. The molecule has 1 aromatic carbocycles. The summed E-state index contributed by atoms with van der Waals surface area (Å²) in [4.78, 5) is 17.8. The van der Waals surface area contributed by atoms with E-state index in [-0.39, 0.29) is 17.3 Å². The molecular weight excluding hydrogens is 361 g/mol. The Balaban J connectivity index is 1.73. The summed E-state index contributed by atoms with van der Waals surface area (Å²) in [6.45, 7) is 7.58. The first-order valence-electron chi connectivity index (χ1n) is 8.78. The Hall–Kier alpha value is -2.49. The summed E-state index contributed by atoms with van der Waals surface area (Å²) < 4.78 is 38.6. The number of nitrogens with zero attached hydrogens (tertiary/aromatic N) is 6. The van der Waals surface area contributed by atoms with E-state index in [1.807, 2.05) is 0 Å². The van der Waals surface area contributed by atoms with Crippen molar-refractivity contribution < 1.29 is 18.0 Å². The lowest BCUT2D eigenvalue weighted by molar-refractivity contribution is -0.138. The smallest absolute Gasteiger partial charge is 0.338 e. The molecule has 1 aliphatic heterocycles. The summed E-state index contributed by atoms with van der Waals surface area (Å²) in [6.07, 6.45) is -4.45. The molecule has 0 radical (unpaired) electrons. The van der Waals surface area contributed by atoms with Crippen molar-refractivity contribution in [3.63, 3.8) is 0 Å². The maximum Gasteiger partial charge on any atom is 0.416 e. The van der Waals surface area contributed by atoms with Crippen LogP contribution in [0.15, 0.2) is 24.3 Å². The Morgan fingerprint density at radius 3 is 2.56 bits per heavy atom. The van der Waals surface area contributed by atoms with E-state index in [1.165, 1.54) is 12.1 Å². The Morgan fingerprint density at radius 2 is 1.93 bits per heavy atom. The fourth-order valence-corrected chi connectivity index (χ4v) is 2.99. The van der Waals surface area contributed by atoms with Gasteiger partial charge in [0.15, 0.2) is 0 Å². The lowest BCUT2D eigenvalue weighted by Crippen LogP contribution is -2.50. The van der Waals surface area contributed by atoms with Gasteiger partial charge in [0.25, 0.3) is 0 Å². The van der Waals surface area contributed by atoms with Gasteiger partial charge in [0.1, 0.15) is 6.04 Å². The molecule has 3 rings (SSSR count). The zero-order chi connectivity index (χ0) is 19.6. The summed E-state index contributed by atoms with van der Waals surface area (Å²) in [7, 11) is 0. The molecule has 2 aromatic rings. The van der Waals surface area contributed by atoms with Gasteiger partial charge in [-0.25, -0.2) is 0 Å². The highest BCUT2D eigenvalue weighted by Gasteiger charge is 2.31. The van der Waals surface area contributed by atoms with Gasteiger partial charge in [-0.3, -0.25) is 4.79 Å². The van der Waals surface area contributed by atoms with Gasteiger partial charge in [-0.2, -0.15) is 18.0 Å². The Bertz CT molecular complexity index is 798. The number of carbonyl (C=O) groups is 1. The highest BCUT2D eigenvalue weighted by atomic mass is 19.4. The number of hydrogen-bond donors (Lipinski definition) is 0. The molecule has 2 heterocycles. The average Bonchev–Trinajstić information content (AvgIpc) is 3.16. The van der Waals surface area contributed by atoms with Crippen LogP contribution < -0.4 is 0 Å². The van der Waals surface area contributed by atoms with Crippen molar-refractivity contribution in [2.24, 2.45) is 0 Å². The van der Waals surface area contributed by atoms with Gasteiger partial charge >= 0.3 is 6.18 Å². The Kier molecular flexibility index (Phi) is 5.45. The summed E-state index contributed by atoms with van der Waals surface area (Å²) in [6, 6.07) is 4.05. The van der Waals surface area contributed by atoms with Gasteiger partial charge in [0.05, 0.1) is 5.56 Å². The number of piperazine rings is 1. The minimum atomic E-state index is -4.45. The third kappa shape index (κ3) is 4.26. The van der Waals surface area contributed by atoms with Gasteiger partial charge in [0.2, 0.25) is 11.7 Å². The van der Waals surface area contributed by atoms with Crippen LogP contribution in [0.4, 0.5) is 13.2 Å². The van der Waals surface area contributed by atoms with Crippen molar-refractivity contribution in [1.82, 2.24) is 30.0 Å². The molecule has 0 spiro atoms. The van der Waals surface area contributed by atoms with Crippen LogP contribution in [0.2, 0.25) is 0 Å². The minimum Gasteiger partial charge on any atom is -0.338 e. The first-order valence-corrected chi connectivity index (χ1v) is 8.78. The summed E-state index contributed by atoms with van der Waals surface area (Å²) in [5.41, 5.74) is -0.582. The molecule has 1 saturated heterocycles. The third-order valence-corrected chi connectivity index (χ3v) is 4.71. The molecule has 1 amide bonds. The molecular formula is C17H21F3N6O. The molecule has 0 aliphatic carbocycles. The molecule has 1 aliphatic rings. The van der Waals surface area contributed by atoms with Crippen molar-refractivity contribution in [2.45, 2.75) is 26.1 Å². The number of alkyl halides is 3. The van der Waals surface area contributed by atoms with E-state index in [9.17, 15) is 18.0 Å². The van der Waals surface area contributed by atoms with Crippen molar-refractivity contribution >= 4 is 5.91 Å². The molecule has 1 aromatic heterocycles. The van der Waals surface area contributed by atoms with Crippen LogP contribution in [-0.4, -0.2) is 68.6 Å². The maximum atomic E-state index is 12.9. The topological polar surface area (TPSA) is 67.2 Å². The van der Waals surface area contributed by atoms with Crippen LogP contribution in [0.3, 0.4) is 0 Å². The number of halogens is 3. The Labute approximate surface area is 154 Å². The molecule has 1 fully saturated rings. The summed E-state index contributed by atoms with van der Waals surface area (Å²) in [5.74, 6) is -0.0738. The van der Waals surface area contributed by atoms with Crippen molar-refractivity contribution in [3.8, 4) is 11.4 Å². The van der Waals surface area contributed by atoms with Crippen LogP contribution in [0.1, 0.15) is 25.5 Å². The number of amides is 1. The molecule has 7 nitrogen and oxygen atoms in total. The van der Waals surface area contributed by atoms with Gasteiger partial charge in [0, 0.05) is 31.7 Å². The lowest BCUT2D eigenvalue weighted by atomic mass is 10.1. The molecule has 27 heavy (non-hydrogen) atoms. The second-order valence-electron chi connectivity index (χ2n) is 6.45. The normalized spacial score (nSPS) is 17.1. The van der Waals surface area contributed by atoms with E-state index in [0.717, 1.165) is 36.6 Å². The maximum absolute atomic E-state index is 12.9. The number of aromatic nitrogens is 4. The fourth-order valence-electron chi connectivity index (χ4n) is 2.99. The number of benzene rings is 1. The van der Waals surface area contributed by atoms with Crippen molar-refractivity contribution in [3.05, 3.63) is 29.8 Å². The van der Waals surface area contributed by atoms with Crippen LogP contribution >= 0.6 is 0 Å². The van der Waals surface area contributed by atoms with Crippen LogP contribution in [0.5, 0.6) is 0 Å². The zero-order valence-electron chi connectivity index (χ0n) is 15.1. The second kappa shape index (κ2) is 7.63. The van der Waals surface area contributed by atoms with Gasteiger partial charge in [-0.05, 0) is 30.8 Å². The average molecular weight is 382 g/mol. The molecule has 1 unspecified atom stereocenters. The predicted octanol–water partition coefficient (Wildman–Crippen LogP) is 2.08. The highest BCUT2D eigenvalue weighted by Crippen LogP contribution is 2.31. The molecule has 0 bridgehead atoms. The fraction of sp³-hybridized carbons (Fsp3) is 0.529. The summed E-state index contributed by atoms with van der Waals surface area (Å²) in [5, 5.41) is 11.8. The predicted molar refractivity (Wildman–Crippen MR) is 91.7 cm³/mol. The van der Waals surface area contributed by atoms with E-state index in [4.69, 9.17) is 0 Å². The number of carbonyl (C=O) groups excluding carboxylic acids is 1. The largest absolute Gasteiger partial charge is 0.416 e. The zero-order valence-corrected chi connectivity index (χ0v) is 15.1. The number of likely N-dealkylation sites (N-methyl/N-ethyl adjacent to an activating group) is 1. The van der Waals surface area contributed by atoms with E-state index in [2.05, 4.69) is 27.2 Å². The van der Waals surface area contributed by atoms with Crippen LogP contribution in [0.25, 0.3) is 11.4 Å². The van der Waals surface area contributed by atoms with Crippen LogP contribution in [-0.2, 0) is 11.0 Å². The summed E-state index contributed by atoms with van der Waals surface area (Å²) >= 11 is 0. The van der Waals surface area contributed by atoms with Crippen molar-refractivity contribution in [1.29, 1.82) is 0 Å². The Morgan fingerprint density at radius 1 is 1.22 bits per heavy atom. The van der Waals surface area contributed by atoms with E-state index in [1.54, 1.807) is 11.8 Å². The standard InChI is InChI=1S/C17H21F3N6O/c1-3-24-7-9-25(10-8-24)16(27)12(2)26-22-15(21-23-26)13-5-4-6-14(11-13)17(18,19)20/h4-6,11-12H,3,7-10H2,1-2H3. The van der Waals surface area contributed by atoms with Crippen LogP contribution in [0, 0.1) is 0 Å². The van der Waals surface area contributed by atoms with Gasteiger partial charge < -0.3 is 9.80 Å². The van der Waals surface area contributed by atoms with Crippen molar-refractivity contribution in [2.75, 3.05) is 32.7 Å². The number of rotatable bonds is 4. The monoisotopic (exact) mass is 382 g/mol. The first-order chi connectivity index (χ1) is 12.8. The lowest BCUT2D eigenvalue weighted by Gasteiger charge is -2.35.